The molecule has 2 aromatic heterocycles. The number of nitrogens with zero attached hydrogens (tertiary/aromatic N) is 4. The Morgan fingerprint density at radius 2 is 2.00 bits per heavy atom. The van der Waals surface area contributed by atoms with Gasteiger partial charge in [0.05, 0.1) is 6.21 Å². The number of hydrazone groups is 1. The molecule has 0 spiro atoms. The van der Waals surface area contributed by atoms with Crippen LogP contribution in [0.3, 0.4) is 0 Å². The highest BCUT2D eigenvalue weighted by molar-refractivity contribution is 6.33. The van der Waals surface area contributed by atoms with Crippen LogP contribution in [-0.2, 0) is 14.1 Å². The molecule has 3 rings (SSSR count). The molecule has 0 amide bonds. The standard InChI is InChI=1S/C14H13ClN6O2/c1-20-10-11(21(2)14(23)18-12(10)22)17-13(20)19-16-7-8-5-3-4-6-9(8)15/h3-7H,1-2H3,(H,17,19)(H,18,22,23)/b16-7-. The van der Waals surface area contributed by atoms with E-state index in [2.05, 4.69) is 20.5 Å². The molecule has 0 unspecified atom stereocenters. The van der Waals surface area contributed by atoms with Crippen molar-refractivity contribution in [1.29, 1.82) is 0 Å². The lowest BCUT2D eigenvalue weighted by Gasteiger charge is -2.00. The van der Waals surface area contributed by atoms with Gasteiger partial charge in [-0.1, -0.05) is 29.8 Å². The van der Waals surface area contributed by atoms with Gasteiger partial charge < -0.3 is 4.57 Å². The summed E-state index contributed by atoms with van der Waals surface area (Å²) in [7, 11) is 3.19. The van der Waals surface area contributed by atoms with Gasteiger partial charge in [0.15, 0.2) is 11.2 Å². The normalized spacial score (nSPS) is 11.4. The topological polar surface area (TPSA) is 97.1 Å². The predicted molar refractivity (Wildman–Crippen MR) is 89.2 cm³/mol. The quantitative estimate of drug-likeness (QED) is 0.553. The number of hydrogen-bond donors (Lipinski definition) is 2. The van der Waals surface area contributed by atoms with E-state index in [1.165, 1.54) is 16.2 Å². The third kappa shape index (κ3) is 2.64. The smallest absolute Gasteiger partial charge is 0.306 e. The Bertz CT molecular complexity index is 1030. The molecule has 0 atom stereocenters. The Labute approximate surface area is 135 Å². The van der Waals surface area contributed by atoms with Crippen LogP contribution in [0.25, 0.3) is 11.2 Å². The molecule has 2 heterocycles. The van der Waals surface area contributed by atoms with Gasteiger partial charge in [-0.05, 0) is 6.07 Å². The molecule has 0 aliphatic carbocycles. The molecule has 3 aromatic rings. The number of hydrogen-bond acceptors (Lipinski definition) is 5. The lowest BCUT2D eigenvalue weighted by Crippen LogP contribution is -2.29. The molecule has 0 radical (unpaired) electrons. The third-order valence-electron chi connectivity index (χ3n) is 3.41. The van der Waals surface area contributed by atoms with Gasteiger partial charge in [-0.2, -0.15) is 10.1 Å². The minimum absolute atomic E-state index is 0.275. The van der Waals surface area contributed by atoms with Gasteiger partial charge in [0, 0.05) is 24.7 Å². The second-order valence-electron chi connectivity index (χ2n) is 4.88. The summed E-state index contributed by atoms with van der Waals surface area (Å²) in [6.07, 6.45) is 1.55. The van der Waals surface area contributed by atoms with E-state index in [-0.39, 0.29) is 11.2 Å². The first-order chi connectivity index (χ1) is 11.0. The predicted octanol–water partition coefficient (Wildman–Crippen LogP) is 1.06. The molecule has 1 aromatic carbocycles. The van der Waals surface area contributed by atoms with Crippen LogP contribution in [0, 0.1) is 0 Å². The molecule has 0 saturated heterocycles. The summed E-state index contributed by atoms with van der Waals surface area (Å²) in [6.45, 7) is 0. The average Bonchev–Trinajstić information content (AvgIpc) is 2.85. The Kier molecular flexibility index (Phi) is 3.75. The van der Waals surface area contributed by atoms with Crippen molar-refractivity contribution >= 4 is 34.9 Å². The number of rotatable bonds is 3. The molecule has 0 aliphatic heterocycles. The number of aromatic amines is 1. The fourth-order valence-corrected chi connectivity index (χ4v) is 2.33. The molecule has 9 heteroatoms. The largest absolute Gasteiger partial charge is 0.329 e. The van der Waals surface area contributed by atoms with Crippen LogP contribution in [0.1, 0.15) is 5.56 Å². The Balaban J connectivity index is 1.99. The van der Waals surface area contributed by atoms with Crippen LogP contribution in [0.15, 0.2) is 39.0 Å². The number of anilines is 1. The first kappa shape index (κ1) is 15.0. The van der Waals surface area contributed by atoms with Crippen molar-refractivity contribution in [3.8, 4) is 0 Å². The zero-order valence-corrected chi connectivity index (χ0v) is 13.1. The molecule has 0 fully saturated rings. The zero-order valence-electron chi connectivity index (χ0n) is 12.4. The number of halogens is 1. The maximum absolute atomic E-state index is 11.9. The summed E-state index contributed by atoms with van der Waals surface area (Å²) in [4.78, 5) is 30.0. The Morgan fingerprint density at radius 1 is 1.26 bits per heavy atom. The number of aromatic nitrogens is 4. The van der Waals surface area contributed by atoms with E-state index in [1.54, 1.807) is 19.3 Å². The van der Waals surface area contributed by atoms with Crippen molar-refractivity contribution in [3.05, 3.63) is 55.7 Å². The second-order valence-corrected chi connectivity index (χ2v) is 5.28. The van der Waals surface area contributed by atoms with E-state index in [0.29, 0.717) is 11.0 Å². The van der Waals surface area contributed by atoms with E-state index < -0.39 is 11.2 Å². The van der Waals surface area contributed by atoms with E-state index in [0.717, 1.165) is 5.56 Å². The van der Waals surface area contributed by atoms with E-state index >= 15 is 0 Å². The zero-order chi connectivity index (χ0) is 16.6. The lowest BCUT2D eigenvalue weighted by atomic mass is 10.2. The fraction of sp³-hybridized carbons (Fsp3) is 0.143. The van der Waals surface area contributed by atoms with Gasteiger partial charge in [0.25, 0.3) is 5.56 Å². The molecule has 0 aliphatic rings. The van der Waals surface area contributed by atoms with Crippen molar-refractivity contribution in [3.63, 3.8) is 0 Å². The Morgan fingerprint density at radius 3 is 2.74 bits per heavy atom. The van der Waals surface area contributed by atoms with Gasteiger partial charge in [-0.25, -0.2) is 10.2 Å². The highest BCUT2D eigenvalue weighted by Crippen LogP contribution is 2.14. The minimum atomic E-state index is -0.522. The SMILES string of the molecule is Cn1c(N/N=C\c2ccccc2Cl)nc2c1c(=O)[nH]c(=O)n2C. The summed E-state index contributed by atoms with van der Waals surface area (Å²) in [6, 6.07) is 7.24. The highest BCUT2D eigenvalue weighted by Gasteiger charge is 2.14. The number of imidazole rings is 1. The Hall–Kier alpha value is -2.87. The van der Waals surface area contributed by atoms with Crippen molar-refractivity contribution in [1.82, 2.24) is 19.1 Å². The van der Waals surface area contributed by atoms with E-state index in [1.807, 2.05) is 18.2 Å². The first-order valence-corrected chi connectivity index (χ1v) is 7.06. The number of H-pyrrole nitrogens is 1. The monoisotopic (exact) mass is 332 g/mol. The minimum Gasteiger partial charge on any atom is -0.306 e. The third-order valence-corrected chi connectivity index (χ3v) is 3.75. The molecule has 8 nitrogen and oxygen atoms in total. The summed E-state index contributed by atoms with van der Waals surface area (Å²) in [5.74, 6) is 0.329. The van der Waals surface area contributed by atoms with Gasteiger partial charge >= 0.3 is 5.69 Å². The maximum Gasteiger partial charge on any atom is 0.329 e. The second kappa shape index (κ2) is 5.73. The molecular formula is C14H13ClN6O2. The number of nitrogens with one attached hydrogen (secondary N) is 2. The summed E-state index contributed by atoms with van der Waals surface area (Å²) in [5.41, 5.74) is 3.02. The van der Waals surface area contributed by atoms with Gasteiger partial charge in [-0.3, -0.25) is 14.3 Å². The van der Waals surface area contributed by atoms with E-state index in [9.17, 15) is 9.59 Å². The van der Waals surface area contributed by atoms with Gasteiger partial charge in [0.2, 0.25) is 5.95 Å². The number of fused-ring (bicyclic) bond motifs is 1. The van der Waals surface area contributed by atoms with Crippen LogP contribution >= 0.6 is 11.6 Å². The maximum atomic E-state index is 11.9. The van der Waals surface area contributed by atoms with Crippen LogP contribution in [-0.4, -0.2) is 25.3 Å². The summed E-state index contributed by atoms with van der Waals surface area (Å²) in [5, 5.41) is 4.64. The molecule has 0 saturated carbocycles. The van der Waals surface area contributed by atoms with Crippen LogP contribution < -0.4 is 16.7 Å². The molecule has 118 valence electrons. The van der Waals surface area contributed by atoms with Crippen molar-refractivity contribution < 1.29 is 0 Å². The average molecular weight is 333 g/mol. The number of aryl methyl sites for hydroxylation is 2. The molecular weight excluding hydrogens is 320 g/mol. The summed E-state index contributed by atoms with van der Waals surface area (Å²) >= 11 is 6.04. The highest BCUT2D eigenvalue weighted by atomic mass is 35.5. The summed E-state index contributed by atoms with van der Waals surface area (Å²) < 4.78 is 2.79. The van der Waals surface area contributed by atoms with Gasteiger partial charge in [-0.15, -0.1) is 0 Å². The lowest BCUT2D eigenvalue weighted by molar-refractivity contribution is 0.829. The molecule has 23 heavy (non-hydrogen) atoms. The van der Waals surface area contributed by atoms with Gasteiger partial charge in [0.1, 0.15) is 0 Å². The molecule has 2 N–H and O–H groups in total. The van der Waals surface area contributed by atoms with E-state index in [4.69, 9.17) is 11.6 Å². The first-order valence-electron chi connectivity index (χ1n) is 6.68. The van der Waals surface area contributed by atoms with Crippen LogP contribution in [0.2, 0.25) is 5.02 Å². The number of benzene rings is 1. The van der Waals surface area contributed by atoms with Crippen molar-refractivity contribution in [2.75, 3.05) is 5.43 Å². The fourth-order valence-electron chi connectivity index (χ4n) is 2.15. The van der Waals surface area contributed by atoms with Crippen molar-refractivity contribution in [2.24, 2.45) is 19.2 Å². The van der Waals surface area contributed by atoms with Crippen LogP contribution in [0.5, 0.6) is 0 Å². The van der Waals surface area contributed by atoms with Crippen molar-refractivity contribution in [2.45, 2.75) is 0 Å². The molecule has 0 bridgehead atoms. The van der Waals surface area contributed by atoms with Crippen LogP contribution in [0.4, 0.5) is 5.95 Å².